The highest BCUT2D eigenvalue weighted by Gasteiger charge is 2.31. The molecule has 132 valence electrons. The Morgan fingerprint density at radius 1 is 1.25 bits per heavy atom. The number of benzene rings is 1. The quantitative estimate of drug-likeness (QED) is 0.887. The van der Waals surface area contributed by atoms with E-state index in [1.54, 1.807) is 4.90 Å². The van der Waals surface area contributed by atoms with Gasteiger partial charge in [0, 0.05) is 24.7 Å². The van der Waals surface area contributed by atoms with Crippen LogP contribution in [0.1, 0.15) is 37.0 Å². The van der Waals surface area contributed by atoms with E-state index in [0.717, 1.165) is 25.0 Å². The van der Waals surface area contributed by atoms with E-state index in [2.05, 4.69) is 4.72 Å². The molecule has 8 heteroatoms. The van der Waals surface area contributed by atoms with Crippen molar-refractivity contribution >= 4 is 15.9 Å². The number of hydrogen-bond acceptors (Lipinski definition) is 4. The van der Waals surface area contributed by atoms with Crippen molar-refractivity contribution in [2.75, 3.05) is 13.1 Å². The molecule has 3 rings (SSSR count). The molecule has 0 radical (unpaired) electrons. The van der Waals surface area contributed by atoms with Crippen molar-refractivity contribution in [2.24, 2.45) is 0 Å². The van der Waals surface area contributed by atoms with Crippen molar-refractivity contribution in [3.05, 3.63) is 29.6 Å². The van der Waals surface area contributed by atoms with E-state index >= 15 is 0 Å². The lowest BCUT2D eigenvalue weighted by atomic mass is 10.1. The van der Waals surface area contributed by atoms with Gasteiger partial charge in [-0.3, -0.25) is 4.79 Å². The maximum atomic E-state index is 14.0. The molecule has 24 heavy (non-hydrogen) atoms. The van der Waals surface area contributed by atoms with Gasteiger partial charge in [0.1, 0.15) is 10.7 Å². The van der Waals surface area contributed by atoms with E-state index in [0.29, 0.717) is 13.1 Å². The maximum Gasteiger partial charge on any atom is 0.254 e. The molecule has 0 aromatic heterocycles. The number of carbonyl (C=O) groups excluding carboxylic acids is 1. The fraction of sp³-hybridized carbons (Fsp3) is 0.562. The Labute approximate surface area is 141 Å². The van der Waals surface area contributed by atoms with Crippen LogP contribution in [-0.4, -0.2) is 50.6 Å². The third-order valence-corrected chi connectivity index (χ3v) is 5.61. The van der Waals surface area contributed by atoms with Gasteiger partial charge in [0.15, 0.2) is 0 Å². The molecule has 1 saturated carbocycles. The van der Waals surface area contributed by atoms with Gasteiger partial charge >= 0.3 is 0 Å². The zero-order valence-corrected chi connectivity index (χ0v) is 14.5. The van der Waals surface area contributed by atoms with E-state index in [1.165, 1.54) is 6.07 Å². The molecule has 2 fully saturated rings. The fourth-order valence-electron chi connectivity index (χ4n) is 2.85. The van der Waals surface area contributed by atoms with Gasteiger partial charge in [-0.05, 0) is 44.9 Å². The summed E-state index contributed by atoms with van der Waals surface area (Å²) in [4.78, 5) is 13.8. The van der Waals surface area contributed by atoms with Crippen LogP contribution >= 0.6 is 0 Å². The first-order chi connectivity index (χ1) is 11.3. The summed E-state index contributed by atoms with van der Waals surface area (Å²) in [5, 5.41) is 0. The molecule has 2 unspecified atom stereocenters. The van der Waals surface area contributed by atoms with Crippen LogP contribution < -0.4 is 4.72 Å². The van der Waals surface area contributed by atoms with Gasteiger partial charge in [0.25, 0.3) is 5.91 Å². The minimum atomic E-state index is -3.96. The van der Waals surface area contributed by atoms with E-state index in [4.69, 9.17) is 4.74 Å². The lowest BCUT2D eigenvalue weighted by molar-refractivity contribution is -0.0586. The number of hydrogen-bond donors (Lipinski definition) is 1. The molecule has 2 aliphatic rings. The zero-order valence-electron chi connectivity index (χ0n) is 13.7. The molecular formula is C16H21FN2O4S. The molecule has 1 N–H and O–H groups in total. The van der Waals surface area contributed by atoms with Crippen LogP contribution in [0.4, 0.5) is 4.39 Å². The first kappa shape index (κ1) is 17.3. The van der Waals surface area contributed by atoms with Gasteiger partial charge in [-0.25, -0.2) is 17.5 Å². The highest BCUT2D eigenvalue weighted by molar-refractivity contribution is 7.89. The highest BCUT2D eigenvalue weighted by atomic mass is 32.2. The Kier molecular flexibility index (Phi) is 4.63. The summed E-state index contributed by atoms with van der Waals surface area (Å²) >= 11 is 0. The highest BCUT2D eigenvalue weighted by Crippen LogP contribution is 2.24. The van der Waals surface area contributed by atoms with Gasteiger partial charge in [0.05, 0.1) is 12.2 Å². The average Bonchev–Trinajstić information content (AvgIpc) is 3.29. The van der Waals surface area contributed by atoms with Crippen LogP contribution in [0, 0.1) is 5.82 Å². The number of rotatable bonds is 4. The average molecular weight is 356 g/mol. The topological polar surface area (TPSA) is 75.7 Å². The third-order valence-electron chi connectivity index (χ3n) is 4.07. The number of nitrogens with one attached hydrogen (secondary N) is 1. The maximum absolute atomic E-state index is 14.0. The van der Waals surface area contributed by atoms with Crippen molar-refractivity contribution in [2.45, 2.75) is 49.8 Å². The first-order valence-corrected chi connectivity index (χ1v) is 9.51. The third kappa shape index (κ3) is 3.76. The van der Waals surface area contributed by atoms with Crippen molar-refractivity contribution < 1.29 is 22.3 Å². The number of halogens is 1. The van der Waals surface area contributed by atoms with Crippen molar-refractivity contribution in [3.63, 3.8) is 0 Å². The molecule has 1 aromatic rings. The van der Waals surface area contributed by atoms with Gasteiger partial charge < -0.3 is 9.64 Å². The summed E-state index contributed by atoms with van der Waals surface area (Å²) < 4.78 is 46.6. The predicted molar refractivity (Wildman–Crippen MR) is 85.7 cm³/mol. The van der Waals surface area contributed by atoms with Crippen molar-refractivity contribution in [1.29, 1.82) is 0 Å². The molecule has 1 aromatic carbocycles. The Bertz CT molecular complexity index is 738. The molecule has 1 saturated heterocycles. The molecule has 1 aliphatic carbocycles. The molecule has 6 nitrogen and oxygen atoms in total. The number of nitrogens with zero attached hydrogens (tertiary/aromatic N) is 1. The summed E-state index contributed by atoms with van der Waals surface area (Å²) in [7, 11) is -3.96. The number of morpholine rings is 1. The van der Waals surface area contributed by atoms with E-state index in [1.807, 2.05) is 13.8 Å². The molecule has 1 aliphatic heterocycles. The molecule has 1 amide bonds. The second-order valence-corrected chi connectivity index (χ2v) is 8.19. The molecule has 2 atom stereocenters. The van der Waals surface area contributed by atoms with Crippen LogP contribution in [0.15, 0.2) is 23.1 Å². The van der Waals surface area contributed by atoms with Crippen LogP contribution in [0.5, 0.6) is 0 Å². The van der Waals surface area contributed by atoms with Crippen LogP contribution in [0.2, 0.25) is 0 Å². The standard InChI is InChI=1S/C16H21FN2O4S/c1-10-8-19(9-11(2)23-10)16(20)12-3-6-14(17)15(7-12)24(21,22)18-13-4-5-13/h3,6-7,10-11,13,18H,4-5,8-9H2,1-2H3. The van der Waals surface area contributed by atoms with E-state index in [9.17, 15) is 17.6 Å². The SMILES string of the molecule is CC1CN(C(=O)c2ccc(F)c(S(=O)(=O)NC3CC3)c2)CC(C)O1. The van der Waals surface area contributed by atoms with Gasteiger partial charge in [-0.2, -0.15) is 0 Å². The molecule has 0 spiro atoms. The summed E-state index contributed by atoms with van der Waals surface area (Å²) in [6.45, 7) is 4.58. The summed E-state index contributed by atoms with van der Waals surface area (Å²) in [6, 6.07) is 3.34. The van der Waals surface area contributed by atoms with Crippen molar-refractivity contribution in [3.8, 4) is 0 Å². The van der Waals surface area contributed by atoms with Crippen molar-refractivity contribution in [1.82, 2.24) is 9.62 Å². The second-order valence-electron chi connectivity index (χ2n) is 6.51. The molecule has 1 heterocycles. The van der Waals surface area contributed by atoms with Gasteiger partial charge in [-0.1, -0.05) is 0 Å². The minimum Gasteiger partial charge on any atom is -0.372 e. The van der Waals surface area contributed by atoms with Crippen LogP contribution in [0.3, 0.4) is 0 Å². The van der Waals surface area contributed by atoms with Crippen LogP contribution in [0.25, 0.3) is 0 Å². The minimum absolute atomic E-state index is 0.0992. The number of carbonyl (C=O) groups is 1. The number of amides is 1. The lowest BCUT2D eigenvalue weighted by Crippen LogP contribution is -2.48. The summed E-state index contributed by atoms with van der Waals surface area (Å²) in [5.41, 5.74) is 0.161. The Morgan fingerprint density at radius 2 is 1.88 bits per heavy atom. The number of sulfonamides is 1. The monoisotopic (exact) mass is 356 g/mol. The summed E-state index contributed by atoms with van der Waals surface area (Å²) in [6.07, 6.45) is 1.31. The van der Waals surface area contributed by atoms with E-state index in [-0.39, 0.29) is 29.7 Å². The first-order valence-electron chi connectivity index (χ1n) is 8.03. The second kappa shape index (κ2) is 6.42. The Morgan fingerprint density at radius 3 is 2.46 bits per heavy atom. The molecular weight excluding hydrogens is 335 g/mol. The number of ether oxygens (including phenoxy) is 1. The largest absolute Gasteiger partial charge is 0.372 e. The Hall–Kier alpha value is -1.51. The predicted octanol–water partition coefficient (Wildman–Crippen LogP) is 1.52. The zero-order chi connectivity index (χ0) is 17.5. The molecule has 0 bridgehead atoms. The Balaban J connectivity index is 1.86. The van der Waals surface area contributed by atoms with Crippen LogP contribution in [-0.2, 0) is 14.8 Å². The summed E-state index contributed by atoms with van der Waals surface area (Å²) in [5.74, 6) is -1.18. The normalized spacial score (nSPS) is 24.9. The van der Waals surface area contributed by atoms with Gasteiger partial charge in [-0.15, -0.1) is 0 Å². The lowest BCUT2D eigenvalue weighted by Gasteiger charge is -2.35. The van der Waals surface area contributed by atoms with E-state index < -0.39 is 20.7 Å². The fourth-order valence-corrected chi connectivity index (χ4v) is 4.26. The van der Waals surface area contributed by atoms with Gasteiger partial charge in [0.2, 0.25) is 10.0 Å². The smallest absolute Gasteiger partial charge is 0.254 e.